The lowest BCUT2D eigenvalue weighted by Gasteiger charge is -2.44. The lowest BCUT2D eigenvalue weighted by molar-refractivity contribution is -0.931. The summed E-state index contributed by atoms with van der Waals surface area (Å²) in [6.45, 7) is 3.63. The number of allylic oxidation sites excluding steroid dienone is 1. The average Bonchev–Trinajstić information content (AvgIpc) is 2.83. The molecule has 2 aliphatic heterocycles. The molecule has 156 valence electrons. The standard InChI is InChI=1S/C25H30F2N.BrH/c1-16-21(7-5-9-24(16)26)23(22-8-6-10-25(27)17(22)2)15-18-13-19-11-12-20(14-18)28(19,3)4;/h5-10,15,18-20H,11-14H2,1-4H3;1H/q+1;/p-1/t19-,20-;/m0./s1. The zero-order chi connectivity index (χ0) is 20.1. The molecule has 2 bridgehead atoms. The Kier molecular flexibility index (Phi) is 6.35. The second kappa shape index (κ2) is 8.31. The van der Waals surface area contributed by atoms with Crippen molar-refractivity contribution in [3.63, 3.8) is 0 Å². The van der Waals surface area contributed by atoms with Crippen LogP contribution < -0.4 is 17.0 Å². The molecule has 0 spiro atoms. The first-order valence-corrected chi connectivity index (χ1v) is 10.3. The van der Waals surface area contributed by atoms with E-state index in [9.17, 15) is 8.78 Å². The summed E-state index contributed by atoms with van der Waals surface area (Å²) >= 11 is 0. The minimum absolute atomic E-state index is 0. The van der Waals surface area contributed by atoms with Crippen molar-refractivity contribution in [2.24, 2.45) is 5.92 Å². The number of hydrogen-bond donors (Lipinski definition) is 0. The topological polar surface area (TPSA) is 0 Å². The molecule has 4 rings (SSSR count). The van der Waals surface area contributed by atoms with Crippen LogP contribution in [0.4, 0.5) is 8.78 Å². The molecule has 0 aliphatic carbocycles. The molecule has 4 heteroatoms. The lowest BCUT2D eigenvalue weighted by Crippen LogP contribution is -3.00. The molecule has 2 atom stereocenters. The molecule has 0 amide bonds. The summed E-state index contributed by atoms with van der Waals surface area (Å²) in [6.07, 6.45) is 7.18. The van der Waals surface area contributed by atoms with Gasteiger partial charge in [-0.2, -0.15) is 0 Å². The maximum absolute atomic E-state index is 14.3. The Hall–Kier alpha value is -1.52. The number of rotatable bonds is 3. The van der Waals surface area contributed by atoms with Crippen molar-refractivity contribution in [3.8, 4) is 0 Å². The fourth-order valence-electron chi connectivity index (χ4n) is 5.42. The first-order chi connectivity index (χ1) is 13.3. The van der Waals surface area contributed by atoms with Gasteiger partial charge in [0, 0.05) is 25.7 Å². The van der Waals surface area contributed by atoms with E-state index in [1.165, 1.54) is 25.0 Å². The van der Waals surface area contributed by atoms with Gasteiger partial charge in [0.15, 0.2) is 0 Å². The van der Waals surface area contributed by atoms with Crippen LogP contribution in [0.1, 0.15) is 47.9 Å². The molecule has 0 aromatic heterocycles. The van der Waals surface area contributed by atoms with Crippen LogP contribution in [0.25, 0.3) is 5.57 Å². The van der Waals surface area contributed by atoms with Gasteiger partial charge in [-0.05, 0) is 59.7 Å². The van der Waals surface area contributed by atoms with Crippen molar-refractivity contribution in [1.82, 2.24) is 0 Å². The predicted octanol–water partition coefficient (Wildman–Crippen LogP) is 3.03. The van der Waals surface area contributed by atoms with E-state index in [-0.39, 0.29) is 28.6 Å². The second-order valence-electron chi connectivity index (χ2n) is 9.15. The van der Waals surface area contributed by atoms with Crippen molar-refractivity contribution in [3.05, 3.63) is 76.4 Å². The smallest absolute Gasteiger partial charge is 0.126 e. The Labute approximate surface area is 183 Å². The van der Waals surface area contributed by atoms with Crippen LogP contribution in [0.3, 0.4) is 0 Å². The van der Waals surface area contributed by atoms with Crippen LogP contribution in [0, 0.1) is 31.4 Å². The van der Waals surface area contributed by atoms with Crippen molar-refractivity contribution >= 4 is 5.57 Å². The molecule has 0 N–H and O–H groups in total. The molecule has 2 fully saturated rings. The molecular weight excluding hydrogens is 432 g/mol. The monoisotopic (exact) mass is 461 g/mol. The van der Waals surface area contributed by atoms with E-state index in [1.54, 1.807) is 12.1 Å². The van der Waals surface area contributed by atoms with Crippen LogP contribution in [0.5, 0.6) is 0 Å². The summed E-state index contributed by atoms with van der Waals surface area (Å²) < 4.78 is 29.8. The fourth-order valence-corrected chi connectivity index (χ4v) is 5.42. The van der Waals surface area contributed by atoms with Crippen molar-refractivity contribution < 1.29 is 30.2 Å². The predicted molar refractivity (Wildman–Crippen MR) is 111 cm³/mol. The third kappa shape index (κ3) is 3.94. The van der Waals surface area contributed by atoms with E-state index in [4.69, 9.17) is 0 Å². The van der Waals surface area contributed by atoms with E-state index < -0.39 is 0 Å². The molecular formula is C25H30BrF2N. The van der Waals surface area contributed by atoms with Gasteiger partial charge in [0.2, 0.25) is 0 Å². The number of piperidine rings is 1. The molecule has 0 radical (unpaired) electrons. The molecule has 2 aromatic carbocycles. The Morgan fingerprint density at radius 1 is 0.862 bits per heavy atom. The minimum Gasteiger partial charge on any atom is -1.00 e. The summed E-state index contributed by atoms with van der Waals surface area (Å²) in [5, 5.41) is 0. The van der Waals surface area contributed by atoms with E-state index in [0.29, 0.717) is 29.1 Å². The van der Waals surface area contributed by atoms with Gasteiger partial charge in [0.05, 0.1) is 26.2 Å². The fraction of sp³-hybridized carbons (Fsp3) is 0.440. The van der Waals surface area contributed by atoms with E-state index >= 15 is 0 Å². The van der Waals surface area contributed by atoms with Crippen molar-refractivity contribution in [1.29, 1.82) is 0 Å². The second-order valence-corrected chi connectivity index (χ2v) is 9.15. The molecule has 1 nitrogen and oxygen atoms in total. The van der Waals surface area contributed by atoms with Gasteiger partial charge < -0.3 is 21.5 Å². The Morgan fingerprint density at radius 3 is 1.76 bits per heavy atom. The van der Waals surface area contributed by atoms with Gasteiger partial charge in [0.25, 0.3) is 0 Å². The third-order valence-corrected chi connectivity index (χ3v) is 7.38. The maximum atomic E-state index is 14.3. The summed E-state index contributed by atoms with van der Waals surface area (Å²) in [5.41, 5.74) is 3.99. The van der Waals surface area contributed by atoms with E-state index in [0.717, 1.165) is 34.0 Å². The lowest BCUT2D eigenvalue weighted by atomic mass is 9.83. The van der Waals surface area contributed by atoms with Crippen LogP contribution in [0.2, 0.25) is 0 Å². The van der Waals surface area contributed by atoms with E-state index in [1.807, 2.05) is 26.0 Å². The Morgan fingerprint density at radius 2 is 1.31 bits per heavy atom. The van der Waals surface area contributed by atoms with Gasteiger partial charge in [-0.1, -0.05) is 30.3 Å². The molecule has 2 heterocycles. The normalized spacial score (nSPS) is 24.7. The highest BCUT2D eigenvalue weighted by Crippen LogP contribution is 2.44. The molecule has 29 heavy (non-hydrogen) atoms. The summed E-state index contributed by atoms with van der Waals surface area (Å²) in [4.78, 5) is 0. The first kappa shape index (κ1) is 22.2. The number of benzene rings is 2. The summed E-state index contributed by atoms with van der Waals surface area (Å²) in [7, 11) is 4.72. The molecule has 2 saturated heterocycles. The van der Waals surface area contributed by atoms with E-state index in [2.05, 4.69) is 20.2 Å². The Bertz CT molecular complexity index is 865. The average molecular weight is 462 g/mol. The van der Waals surface area contributed by atoms with Crippen LogP contribution in [0.15, 0.2) is 42.5 Å². The largest absolute Gasteiger partial charge is 1.00 e. The van der Waals surface area contributed by atoms with Crippen LogP contribution in [-0.4, -0.2) is 30.7 Å². The summed E-state index contributed by atoms with van der Waals surface area (Å²) in [6, 6.07) is 11.8. The quantitative estimate of drug-likeness (QED) is 0.616. The molecule has 2 aliphatic rings. The van der Waals surface area contributed by atoms with Crippen molar-refractivity contribution in [2.75, 3.05) is 14.1 Å². The summed E-state index contributed by atoms with van der Waals surface area (Å²) in [5.74, 6) is 0.0296. The van der Waals surface area contributed by atoms with Gasteiger partial charge in [0.1, 0.15) is 11.6 Å². The van der Waals surface area contributed by atoms with Gasteiger partial charge in [-0.3, -0.25) is 0 Å². The number of fused-ring (bicyclic) bond motifs is 2. The van der Waals surface area contributed by atoms with Crippen LogP contribution in [-0.2, 0) is 0 Å². The van der Waals surface area contributed by atoms with Gasteiger partial charge in [-0.15, -0.1) is 0 Å². The highest BCUT2D eigenvalue weighted by Gasteiger charge is 2.48. The SMILES string of the molecule is Cc1c(F)cccc1C(=CC1C[C@@H]2CC[C@@H](C1)[N+]2(C)C)c1cccc(F)c1C.[Br-]. The third-order valence-electron chi connectivity index (χ3n) is 7.38. The first-order valence-electron chi connectivity index (χ1n) is 10.3. The molecule has 0 unspecified atom stereocenters. The number of nitrogens with zero attached hydrogens (tertiary/aromatic N) is 1. The highest BCUT2D eigenvalue weighted by atomic mass is 79.9. The van der Waals surface area contributed by atoms with Crippen molar-refractivity contribution in [2.45, 2.75) is 51.6 Å². The number of halogens is 3. The molecule has 2 aromatic rings. The zero-order valence-electron chi connectivity index (χ0n) is 17.7. The van der Waals surface area contributed by atoms with Gasteiger partial charge in [-0.25, -0.2) is 8.78 Å². The van der Waals surface area contributed by atoms with Gasteiger partial charge >= 0.3 is 0 Å². The Balaban J connectivity index is 0.00000240. The zero-order valence-corrected chi connectivity index (χ0v) is 19.3. The highest BCUT2D eigenvalue weighted by molar-refractivity contribution is 5.83. The number of quaternary nitrogens is 1. The molecule has 0 saturated carbocycles. The van der Waals surface area contributed by atoms with Crippen LogP contribution >= 0.6 is 0 Å². The number of hydrogen-bond acceptors (Lipinski definition) is 0. The maximum Gasteiger partial charge on any atom is 0.126 e. The minimum atomic E-state index is -0.209.